The maximum atomic E-state index is 12.1. The molecule has 1 fully saturated rings. The molecule has 112 valence electrons. The van der Waals surface area contributed by atoms with Crippen LogP contribution >= 0.6 is 0 Å². The molecule has 0 aromatic heterocycles. The van der Waals surface area contributed by atoms with Gasteiger partial charge in [-0.05, 0) is 24.0 Å². The lowest BCUT2D eigenvalue weighted by atomic mass is 9.98. The summed E-state index contributed by atoms with van der Waals surface area (Å²) in [4.78, 5) is 36.2. The average molecular weight is 288 g/mol. The topological polar surface area (TPSA) is 66.5 Å². The molecule has 0 saturated carbocycles. The predicted molar refractivity (Wildman–Crippen MR) is 79.9 cm³/mol. The van der Waals surface area contributed by atoms with Gasteiger partial charge in [-0.15, -0.1) is 0 Å². The number of nitrogens with one attached hydrogen (secondary N) is 1. The SMILES string of the molecule is Cc1cccc(C(C)C)c1NC(=O)CN1C(=O)CCC1=O. The summed E-state index contributed by atoms with van der Waals surface area (Å²) in [6.07, 6.45) is 0.404. The number of carbonyl (C=O) groups is 3. The summed E-state index contributed by atoms with van der Waals surface area (Å²) in [7, 11) is 0. The molecule has 0 aliphatic carbocycles. The number of hydrogen-bond donors (Lipinski definition) is 1. The van der Waals surface area contributed by atoms with Gasteiger partial charge < -0.3 is 5.32 Å². The molecule has 5 nitrogen and oxygen atoms in total. The molecular formula is C16H20N2O3. The van der Waals surface area contributed by atoms with Crippen LogP contribution in [0.15, 0.2) is 18.2 Å². The first-order valence-corrected chi connectivity index (χ1v) is 7.12. The van der Waals surface area contributed by atoms with E-state index in [2.05, 4.69) is 19.2 Å². The van der Waals surface area contributed by atoms with Crippen LogP contribution in [0.4, 0.5) is 5.69 Å². The number of rotatable bonds is 4. The van der Waals surface area contributed by atoms with Crippen molar-refractivity contribution in [1.82, 2.24) is 4.90 Å². The van der Waals surface area contributed by atoms with Gasteiger partial charge in [-0.3, -0.25) is 19.3 Å². The fourth-order valence-corrected chi connectivity index (χ4v) is 2.46. The van der Waals surface area contributed by atoms with Crippen LogP contribution in [-0.4, -0.2) is 29.2 Å². The smallest absolute Gasteiger partial charge is 0.244 e. The first-order valence-electron chi connectivity index (χ1n) is 7.12. The lowest BCUT2D eigenvalue weighted by Gasteiger charge is -2.18. The lowest BCUT2D eigenvalue weighted by Crippen LogP contribution is -2.37. The van der Waals surface area contributed by atoms with Gasteiger partial charge in [0.05, 0.1) is 0 Å². The Morgan fingerprint density at radius 2 is 1.86 bits per heavy atom. The van der Waals surface area contributed by atoms with Crippen LogP contribution in [0.5, 0.6) is 0 Å². The third-order valence-electron chi connectivity index (χ3n) is 3.65. The summed E-state index contributed by atoms with van der Waals surface area (Å²) >= 11 is 0. The van der Waals surface area contributed by atoms with Crippen molar-refractivity contribution in [3.05, 3.63) is 29.3 Å². The van der Waals surface area contributed by atoms with Gasteiger partial charge in [-0.25, -0.2) is 0 Å². The van der Waals surface area contributed by atoms with Crippen LogP contribution in [0.1, 0.15) is 43.7 Å². The molecule has 0 unspecified atom stereocenters. The summed E-state index contributed by atoms with van der Waals surface area (Å²) < 4.78 is 0. The Labute approximate surface area is 124 Å². The van der Waals surface area contributed by atoms with E-state index in [0.717, 1.165) is 21.7 Å². The predicted octanol–water partition coefficient (Wildman–Crippen LogP) is 2.21. The van der Waals surface area contributed by atoms with Gasteiger partial charge in [0.15, 0.2) is 0 Å². The number of para-hydroxylation sites is 1. The third-order valence-corrected chi connectivity index (χ3v) is 3.65. The lowest BCUT2D eigenvalue weighted by molar-refractivity contribution is -0.141. The van der Waals surface area contributed by atoms with Crippen molar-refractivity contribution in [2.24, 2.45) is 0 Å². The zero-order chi connectivity index (χ0) is 15.6. The molecule has 1 aliphatic heterocycles. The van der Waals surface area contributed by atoms with E-state index in [4.69, 9.17) is 0 Å². The monoisotopic (exact) mass is 288 g/mol. The van der Waals surface area contributed by atoms with Gasteiger partial charge >= 0.3 is 0 Å². The average Bonchev–Trinajstić information content (AvgIpc) is 2.72. The van der Waals surface area contributed by atoms with E-state index in [1.807, 2.05) is 25.1 Å². The minimum atomic E-state index is -0.338. The first-order chi connectivity index (χ1) is 9.90. The zero-order valence-corrected chi connectivity index (χ0v) is 12.6. The maximum absolute atomic E-state index is 12.1. The summed E-state index contributed by atoms with van der Waals surface area (Å²) in [5.74, 6) is -0.613. The normalized spacial score (nSPS) is 15.0. The van der Waals surface area contributed by atoms with E-state index in [1.54, 1.807) is 0 Å². The highest BCUT2D eigenvalue weighted by Crippen LogP contribution is 2.27. The van der Waals surface area contributed by atoms with E-state index < -0.39 is 0 Å². The van der Waals surface area contributed by atoms with Gasteiger partial charge in [0.25, 0.3) is 0 Å². The molecule has 1 N–H and O–H groups in total. The van der Waals surface area contributed by atoms with Crippen LogP contribution in [0.2, 0.25) is 0 Å². The van der Waals surface area contributed by atoms with Gasteiger partial charge in [-0.2, -0.15) is 0 Å². The second kappa shape index (κ2) is 6.08. The minimum Gasteiger partial charge on any atom is -0.324 e. The summed E-state index contributed by atoms with van der Waals surface area (Å²) in [5, 5.41) is 2.84. The fourth-order valence-electron chi connectivity index (χ4n) is 2.46. The van der Waals surface area contributed by atoms with Crippen LogP contribution < -0.4 is 5.32 Å². The number of likely N-dealkylation sites (tertiary alicyclic amines) is 1. The molecule has 2 rings (SSSR count). The Balaban J connectivity index is 2.13. The third kappa shape index (κ3) is 3.29. The van der Waals surface area contributed by atoms with E-state index in [9.17, 15) is 14.4 Å². The molecular weight excluding hydrogens is 268 g/mol. The van der Waals surface area contributed by atoms with Gasteiger partial charge in [0, 0.05) is 18.5 Å². The number of amides is 3. The molecule has 0 bridgehead atoms. The molecule has 0 spiro atoms. The molecule has 1 aromatic rings. The molecule has 0 radical (unpaired) electrons. The first kappa shape index (κ1) is 15.2. The number of nitrogens with zero attached hydrogens (tertiary/aromatic N) is 1. The van der Waals surface area contributed by atoms with Gasteiger partial charge in [0.2, 0.25) is 17.7 Å². The van der Waals surface area contributed by atoms with Crippen molar-refractivity contribution in [2.45, 2.75) is 39.5 Å². The number of carbonyl (C=O) groups excluding carboxylic acids is 3. The molecule has 21 heavy (non-hydrogen) atoms. The Hall–Kier alpha value is -2.17. The van der Waals surface area contributed by atoms with Crippen molar-refractivity contribution >= 4 is 23.4 Å². The number of hydrogen-bond acceptors (Lipinski definition) is 3. The molecule has 1 aromatic carbocycles. The van der Waals surface area contributed by atoms with Crippen LogP contribution in [-0.2, 0) is 14.4 Å². The summed E-state index contributed by atoms with van der Waals surface area (Å²) in [6.45, 7) is 5.83. The Morgan fingerprint density at radius 3 is 2.43 bits per heavy atom. The van der Waals surface area contributed by atoms with Crippen LogP contribution in [0.25, 0.3) is 0 Å². The highest BCUT2D eigenvalue weighted by atomic mass is 16.2. The van der Waals surface area contributed by atoms with E-state index in [-0.39, 0.29) is 43.0 Å². The highest BCUT2D eigenvalue weighted by molar-refractivity contribution is 6.06. The molecule has 5 heteroatoms. The highest BCUT2D eigenvalue weighted by Gasteiger charge is 2.30. The summed E-state index contributed by atoms with van der Waals surface area (Å²) in [5.41, 5.74) is 2.78. The Kier molecular flexibility index (Phi) is 4.40. The number of anilines is 1. The van der Waals surface area contributed by atoms with Crippen LogP contribution in [0.3, 0.4) is 0 Å². The van der Waals surface area contributed by atoms with Crippen molar-refractivity contribution in [1.29, 1.82) is 0 Å². The van der Waals surface area contributed by atoms with Crippen molar-refractivity contribution in [3.63, 3.8) is 0 Å². The number of benzene rings is 1. The summed E-state index contributed by atoms with van der Waals surface area (Å²) in [6, 6.07) is 5.85. The van der Waals surface area contributed by atoms with E-state index in [0.29, 0.717) is 0 Å². The van der Waals surface area contributed by atoms with E-state index in [1.165, 1.54) is 0 Å². The molecule has 3 amide bonds. The minimum absolute atomic E-state index is 0.202. The maximum Gasteiger partial charge on any atom is 0.244 e. The largest absolute Gasteiger partial charge is 0.324 e. The Morgan fingerprint density at radius 1 is 1.24 bits per heavy atom. The molecule has 0 atom stereocenters. The molecule has 1 saturated heterocycles. The van der Waals surface area contributed by atoms with Crippen molar-refractivity contribution < 1.29 is 14.4 Å². The second-order valence-corrected chi connectivity index (χ2v) is 5.62. The second-order valence-electron chi connectivity index (χ2n) is 5.62. The van der Waals surface area contributed by atoms with Crippen LogP contribution in [0, 0.1) is 6.92 Å². The number of aryl methyl sites for hydroxylation is 1. The fraction of sp³-hybridized carbons (Fsp3) is 0.438. The van der Waals surface area contributed by atoms with Crippen molar-refractivity contribution in [2.75, 3.05) is 11.9 Å². The standard InChI is InChI=1S/C16H20N2O3/c1-10(2)12-6-4-5-11(3)16(12)17-13(19)9-18-14(20)7-8-15(18)21/h4-6,10H,7-9H2,1-3H3,(H,17,19). The van der Waals surface area contributed by atoms with Crippen molar-refractivity contribution in [3.8, 4) is 0 Å². The number of imide groups is 1. The molecule has 1 heterocycles. The van der Waals surface area contributed by atoms with E-state index >= 15 is 0 Å². The zero-order valence-electron chi connectivity index (χ0n) is 12.6. The quantitative estimate of drug-likeness (QED) is 0.864. The van der Waals surface area contributed by atoms with Gasteiger partial charge in [0.1, 0.15) is 6.54 Å². The Bertz CT molecular complexity index is 577. The van der Waals surface area contributed by atoms with Gasteiger partial charge in [-0.1, -0.05) is 32.0 Å². The molecule has 1 aliphatic rings.